The van der Waals surface area contributed by atoms with Crippen LogP contribution in [0.1, 0.15) is 49.0 Å². The number of amides is 1. The Hall–Kier alpha value is -2.62. The summed E-state index contributed by atoms with van der Waals surface area (Å²) >= 11 is 0. The first-order valence-corrected chi connectivity index (χ1v) is 8.61. The molecule has 0 aliphatic heterocycles. The summed E-state index contributed by atoms with van der Waals surface area (Å²) in [4.78, 5) is 23.6. The zero-order valence-electron chi connectivity index (χ0n) is 15.0. The van der Waals surface area contributed by atoms with Crippen molar-refractivity contribution in [2.45, 2.75) is 39.2 Å². The van der Waals surface area contributed by atoms with Crippen molar-refractivity contribution < 1.29 is 14.3 Å². The third kappa shape index (κ3) is 5.45. The Labute approximate surface area is 149 Å². The summed E-state index contributed by atoms with van der Waals surface area (Å²) < 4.78 is 5.66. The van der Waals surface area contributed by atoms with Gasteiger partial charge in [0.1, 0.15) is 5.75 Å². The molecule has 0 saturated heterocycles. The molecule has 132 valence electrons. The highest BCUT2D eigenvalue weighted by molar-refractivity contribution is 5.94. The first kappa shape index (κ1) is 18.7. The van der Waals surface area contributed by atoms with E-state index >= 15 is 0 Å². The van der Waals surface area contributed by atoms with Crippen molar-refractivity contribution in [3.63, 3.8) is 0 Å². The summed E-state index contributed by atoms with van der Waals surface area (Å²) in [5.41, 5.74) is 1.84. The molecule has 0 bridgehead atoms. The summed E-state index contributed by atoms with van der Waals surface area (Å²) in [6.45, 7) is 5.93. The van der Waals surface area contributed by atoms with Crippen LogP contribution >= 0.6 is 0 Å². The van der Waals surface area contributed by atoms with Crippen LogP contribution in [0, 0.1) is 0 Å². The molecule has 25 heavy (non-hydrogen) atoms. The molecular weight excluding hydrogens is 314 g/mol. The van der Waals surface area contributed by atoms with E-state index in [9.17, 15) is 9.59 Å². The fourth-order valence-electron chi connectivity index (χ4n) is 2.62. The highest BCUT2D eigenvalue weighted by atomic mass is 16.5. The Morgan fingerprint density at radius 3 is 2.24 bits per heavy atom. The van der Waals surface area contributed by atoms with E-state index in [0.717, 1.165) is 6.42 Å². The van der Waals surface area contributed by atoms with Crippen molar-refractivity contribution in [1.82, 2.24) is 5.32 Å². The first-order valence-electron chi connectivity index (χ1n) is 8.61. The number of carbonyl (C=O) groups excluding carboxylic acids is 2. The molecular formula is C21H25NO3. The smallest absolute Gasteiger partial charge is 0.260 e. The Bertz CT molecular complexity index is 695. The Balaban J connectivity index is 1.88. The SMILES string of the molecule is CC[C@@H](CNC(=O)[C@H](C)Oc1ccc(C(C)=O)cc1)c1ccccc1. The monoisotopic (exact) mass is 339 g/mol. The maximum absolute atomic E-state index is 12.3. The molecule has 0 fully saturated rings. The second kappa shape index (κ2) is 9.02. The van der Waals surface area contributed by atoms with Gasteiger partial charge in [0.15, 0.2) is 11.9 Å². The van der Waals surface area contributed by atoms with Gasteiger partial charge in [0.25, 0.3) is 5.91 Å². The normalized spacial score (nSPS) is 12.9. The predicted molar refractivity (Wildman–Crippen MR) is 99.0 cm³/mol. The second-order valence-corrected chi connectivity index (χ2v) is 6.10. The molecule has 0 unspecified atom stereocenters. The van der Waals surface area contributed by atoms with E-state index in [0.29, 0.717) is 17.9 Å². The van der Waals surface area contributed by atoms with Crippen LogP contribution in [0.2, 0.25) is 0 Å². The zero-order valence-corrected chi connectivity index (χ0v) is 15.0. The van der Waals surface area contributed by atoms with Gasteiger partial charge in [-0.3, -0.25) is 9.59 Å². The Morgan fingerprint density at radius 1 is 1.04 bits per heavy atom. The molecule has 0 aromatic heterocycles. The summed E-state index contributed by atoms with van der Waals surface area (Å²) in [6, 6.07) is 17.0. The molecule has 2 atom stereocenters. The summed E-state index contributed by atoms with van der Waals surface area (Å²) in [5.74, 6) is 0.712. The molecule has 1 N–H and O–H groups in total. The lowest BCUT2D eigenvalue weighted by atomic mass is 9.96. The zero-order chi connectivity index (χ0) is 18.2. The van der Waals surface area contributed by atoms with E-state index in [4.69, 9.17) is 4.74 Å². The number of hydrogen-bond acceptors (Lipinski definition) is 3. The molecule has 1 amide bonds. The van der Waals surface area contributed by atoms with Crippen LogP contribution in [0.4, 0.5) is 0 Å². The van der Waals surface area contributed by atoms with Gasteiger partial charge in [0, 0.05) is 18.0 Å². The van der Waals surface area contributed by atoms with Gasteiger partial charge in [-0.2, -0.15) is 0 Å². The average Bonchev–Trinajstić information content (AvgIpc) is 2.63. The number of nitrogens with one attached hydrogen (secondary N) is 1. The van der Waals surface area contributed by atoms with Gasteiger partial charge in [-0.1, -0.05) is 37.3 Å². The third-order valence-electron chi connectivity index (χ3n) is 4.23. The van der Waals surface area contributed by atoms with Crippen LogP contribution < -0.4 is 10.1 Å². The van der Waals surface area contributed by atoms with Crippen LogP contribution in [0.5, 0.6) is 5.75 Å². The van der Waals surface area contributed by atoms with Crippen LogP contribution in [0.3, 0.4) is 0 Å². The lowest BCUT2D eigenvalue weighted by molar-refractivity contribution is -0.127. The van der Waals surface area contributed by atoms with Crippen molar-refractivity contribution in [3.8, 4) is 5.75 Å². The van der Waals surface area contributed by atoms with Crippen molar-refractivity contribution in [3.05, 3.63) is 65.7 Å². The lowest BCUT2D eigenvalue weighted by Gasteiger charge is -2.19. The van der Waals surface area contributed by atoms with Crippen LogP contribution in [-0.4, -0.2) is 24.3 Å². The highest BCUT2D eigenvalue weighted by Gasteiger charge is 2.17. The van der Waals surface area contributed by atoms with Crippen molar-refractivity contribution >= 4 is 11.7 Å². The summed E-state index contributed by atoms with van der Waals surface area (Å²) in [7, 11) is 0. The summed E-state index contributed by atoms with van der Waals surface area (Å²) in [5, 5.41) is 2.96. The lowest BCUT2D eigenvalue weighted by Crippen LogP contribution is -2.38. The molecule has 0 aliphatic rings. The number of benzene rings is 2. The maximum Gasteiger partial charge on any atom is 0.260 e. The van der Waals surface area contributed by atoms with E-state index in [2.05, 4.69) is 24.4 Å². The van der Waals surface area contributed by atoms with Gasteiger partial charge in [-0.05, 0) is 50.1 Å². The molecule has 4 nitrogen and oxygen atoms in total. The van der Waals surface area contributed by atoms with Crippen molar-refractivity contribution in [2.24, 2.45) is 0 Å². The van der Waals surface area contributed by atoms with Crippen LogP contribution in [-0.2, 0) is 4.79 Å². The first-order chi connectivity index (χ1) is 12.0. The Kier molecular flexibility index (Phi) is 6.75. The number of ketones is 1. The molecule has 0 aliphatic carbocycles. The molecule has 2 rings (SSSR count). The fourth-order valence-corrected chi connectivity index (χ4v) is 2.62. The quantitative estimate of drug-likeness (QED) is 0.741. The Morgan fingerprint density at radius 2 is 1.68 bits per heavy atom. The van der Waals surface area contributed by atoms with E-state index in [1.165, 1.54) is 12.5 Å². The van der Waals surface area contributed by atoms with Crippen molar-refractivity contribution in [1.29, 1.82) is 0 Å². The van der Waals surface area contributed by atoms with Crippen LogP contribution in [0.15, 0.2) is 54.6 Å². The van der Waals surface area contributed by atoms with E-state index in [1.54, 1.807) is 31.2 Å². The largest absolute Gasteiger partial charge is 0.481 e. The number of hydrogen-bond donors (Lipinski definition) is 1. The number of Topliss-reactive ketones (excluding diaryl/α,β-unsaturated/α-hetero) is 1. The molecule has 0 heterocycles. The predicted octanol–water partition coefficient (Wildman–Crippen LogP) is 3.97. The van der Waals surface area contributed by atoms with Gasteiger partial charge in [-0.15, -0.1) is 0 Å². The fraction of sp³-hybridized carbons (Fsp3) is 0.333. The maximum atomic E-state index is 12.3. The topological polar surface area (TPSA) is 55.4 Å². The van der Waals surface area contributed by atoms with Crippen LogP contribution in [0.25, 0.3) is 0 Å². The molecule has 2 aromatic carbocycles. The standard InChI is InChI=1S/C21H25NO3/c1-4-17(19-8-6-5-7-9-19)14-22-21(24)16(3)25-20-12-10-18(11-13-20)15(2)23/h5-13,16-17H,4,14H2,1-3H3,(H,22,24)/t16-,17-/m0/s1. The minimum atomic E-state index is -0.601. The molecule has 0 radical (unpaired) electrons. The van der Waals surface area contributed by atoms with Gasteiger partial charge in [0.05, 0.1) is 0 Å². The minimum absolute atomic E-state index is 0.00357. The van der Waals surface area contributed by atoms with Gasteiger partial charge < -0.3 is 10.1 Å². The minimum Gasteiger partial charge on any atom is -0.481 e. The second-order valence-electron chi connectivity index (χ2n) is 6.10. The molecule has 4 heteroatoms. The third-order valence-corrected chi connectivity index (χ3v) is 4.23. The van der Waals surface area contributed by atoms with Gasteiger partial charge in [-0.25, -0.2) is 0 Å². The van der Waals surface area contributed by atoms with E-state index in [1.807, 2.05) is 18.2 Å². The molecule has 2 aromatic rings. The summed E-state index contributed by atoms with van der Waals surface area (Å²) in [6.07, 6.45) is 0.350. The van der Waals surface area contributed by atoms with E-state index < -0.39 is 6.10 Å². The number of rotatable bonds is 8. The molecule has 0 spiro atoms. The molecule has 0 saturated carbocycles. The average molecular weight is 339 g/mol. The van der Waals surface area contributed by atoms with E-state index in [-0.39, 0.29) is 17.6 Å². The number of ether oxygens (including phenoxy) is 1. The van der Waals surface area contributed by atoms with Gasteiger partial charge >= 0.3 is 0 Å². The van der Waals surface area contributed by atoms with Crippen molar-refractivity contribution in [2.75, 3.05) is 6.54 Å². The highest BCUT2D eigenvalue weighted by Crippen LogP contribution is 2.18. The van der Waals surface area contributed by atoms with Gasteiger partial charge in [0.2, 0.25) is 0 Å². The number of carbonyl (C=O) groups is 2.